The molecule has 1 heterocycles. The van der Waals surface area contributed by atoms with E-state index >= 15 is 0 Å². The van der Waals surface area contributed by atoms with Gasteiger partial charge in [0.05, 0.1) is 0 Å². The highest BCUT2D eigenvalue weighted by Gasteiger charge is 2.00. The van der Waals surface area contributed by atoms with Gasteiger partial charge in [-0.1, -0.05) is 36.4 Å². The Morgan fingerprint density at radius 3 is 2.64 bits per heavy atom. The zero-order chi connectivity index (χ0) is 9.80. The molecule has 0 unspecified atom stereocenters. The lowest BCUT2D eigenvalue weighted by atomic mass is 10.0. The van der Waals surface area contributed by atoms with Gasteiger partial charge in [-0.25, -0.2) is 0 Å². The molecule has 0 fully saturated rings. The van der Waals surface area contributed by atoms with Crippen molar-refractivity contribution in [1.29, 1.82) is 0 Å². The van der Waals surface area contributed by atoms with Crippen molar-refractivity contribution in [1.82, 2.24) is 4.90 Å². The molecule has 0 saturated carbocycles. The monoisotopic (exact) mass is 185 g/mol. The lowest BCUT2D eigenvalue weighted by Gasteiger charge is -2.17. The van der Waals surface area contributed by atoms with Gasteiger partial charge in [0.1, 0.15) is 0 Å². The number of benzene rings is 1. The molecule has 0 N–H and O–H groups in total. The Labute approximate surface area is 85.4 Å². The van der Waals surface area contributed by atoms with Gasteiger partial charge in [0.2, 0.25) is 0 Å². The standard InChI is InChI=1S/C13H15N/c1-14-9-7-13(8-10-14)11-12-5-3-2-4-6-12/h2-9H,10-11H2,1H3. The molecule has 0 saturated heterocycles. The first kappa shape index (κ1) is 9.07. The van der Waals surface area contributed by atoms with Gasteiger partial charge in [-0.15, -0.1) is 0 Å². The molecule has 1 aromatic rings. The molecular formula is C13H15N. The van der Waals surface area contributed by atoms with E-state index in [1.807, 2.05) is 0 Å². The van der Waals surface area contributed by atoms with Crippen LogP contribution in [0, 0.1) is 0 Å². The molecule has 1 aromatic carbocycles. The van der Waals surface area contributed by atoms with E-state index in [2.05, 4.69) is 60.6 Å². The van der Waals surface area contributed by atoms with E-state index in [0.29, 0.717) is 0 Å². The van der Waals surface area contributed by atoms with Crippen LogP contribution in [0.15, 0.2) is 54.3 Å². The maximum atomic E-state index is 2.28. The van der Waals surface area contributed by atoms with Crippen molar-refractivity contribution in [2.45, 2.75) is 6.42 Å². The first-order chi connectivity index (χ1) is 6.84. The molecule has 0 atom stereocenters. The van der Waals surface area contributed by atoms with Gasteiger partial charge in [-0.05, 0) is 29.8 Å². The predicted molar refractivity (Wildman–Crippen MR) is 60.0 cm³/mol. The van der Waals surface area contributed by atoms with E-state index in [0.717, 1.165) is 13.0 Å². The minimum Gasteiger partial charge on any atom is -0.377 e. The van der Waals surface area contributed by atoms with Crippen molar-refractivity contribution in [3.63, 3.8) is 0 Å². The summed E-state index contributed by atoms with van der Waals surface area (Å²) in [5, 5.41) is 0. The molecule has 14 heavy (non-hydrogen) atoms. The van der Waals surface area contributed by atoms with Crippen molar-refractivity contribution >= 4 is 0 Å². The summed E-state index contributed by atoms with van der Waals surface area (Å²) in [4.78, 5) is 2.18. The number of rotatable bonds is 2. The fourth-order valence-electron chi connectivity index (χ4n) is 1.58. The molecule has 72 valence electrons. The maximum Gasteiger partial charge on any atom is 0.0356 e. The van der Waals surface area contributed by atoms with Gasteiger partial charge >= 0.3 is 0 Å². The molecule has 0 aromatic heterocycles. The van der Waals surface area contributed by atoms with Crippen molar-refractivity contribution in [2.24, 2.45) is 0 Å². The van der Waals surface area contributed by atoms with E-state index in [9.17, 15) is 0 Å². The topological polar surface area (TPSA) is 3.24 Å². The first-order valence-corrected chi connectivity index (χ1v) is 4.96. The van der Waals surface area contributed by atoms with Crippen molar-refractivity contribution in [2.75, 3.05) is 13.6 Å². The average molecular weight is 185 g/mol. The molecular weight excluding hydrogens is 170 g/mol. The van der Waals surface area contributed by atoms with Crippen LogP contribution in [0.5, 0.6) is 0 Å². The Bertz CT molecular complexity index is 349. The third-order valence-corrected chi connectivity index (χ3v) is 2.44. The molecule has 1 aliphatic rings. The minimum atomic E-state index is 1.03. The normalized spacial score (nSPS) is 15.5. The second-order valence-electron chi connectivity index (χ2n) is 3.70. The molecule has 1 aliphatic heterocycles. The molecule has 0 radical (unpaired) electrons. The molecule has 0 amide bonds. The van der Waals surface area contributed by atoms with Crippen LogP contribution >= 0.6 is 0 Å². The Hall–Kier alpha value is -1.50. The van der Waals surface area contributed by atoms with Gasteiger partial charge in [-0.3, -0.25) is 0 Å². The highest BCUT2D eigenvalue weighted by atomic mass is 15.1. The summed E-state index contributed by atoms with van der Waals surface area (Å²) < 4.78 is 0. The average Bonchev–Trinajstić information content (AvgIpc) is 2.23. The summed E-state index contributed by atoms with van der Waals surface area (Å²) in [5.74, 6) is 0. The second kappa shape index (κ2) is 4.14. The number of hydrogen-bond acceptors (Lipinski definition) is 1. The van der Waals surface area contributed by atoms with E-state index < -0.39 is 0 Å². The van der Waals surface area contributed by atoms with Crippen LogP contribution in [0.2, 0.25) is 0 Å². The lowest BCUT2D eigenvalue weighted by molar-refractivity contribution is 0.501. The van der Waals surface area contributed by atoms with E-state index in [4.69, 9.17) is 0 Å². The quantitative estimate of drug-likeness (QED) is 0.684. The second-order valence-corrected chi connectivity index (χ2v) is 3.70. The van der Waals surface area contributed by atoms with E-state index in [-0.39, 0.29) is 0 Å². The molecule has 0 spiro atoms. The predicted octanol–water partition coefficient (Wildman–Crippen LogP) is 2.61. The zero-order valence-electron chi connectivity index (χ0n) is 8.48. The van der Waals surface area contributed by atoms with Crippen molar-refractivity contribution in [3.8, 4) is 0 Å². The maximum absolute atomic E-state index is 2.28. The van der Waals surface area contributed by atoms with Crippen LogP contribution in [0.4, 0.5) is 0 Å². The van der Waals surface area contributed by atoms with Crippen molar-refractivity contribution in [3.05, 3.63) is 59.8 Å². The van der Waals surface area contributed by atoms with Crippen LogP contribution in [-0.2, 0) is 6.42 Å². The molecule has 0 aliphatic carbocycles. The lowest BCUT2D eigenvalue weighted by Crippen LogP contribution is -2.14. The third kappa shape index (κ3) is 2.25. The fraction of sp³-hybridized carbons (Fsp3) is 0.231. The molecule has 1 nitrogen and oxygen atoms in total. The van der Waals surface area contributed by atoms with Crippen LogP contribution in [0.25, 0.3) is 0 Å². The molecule has 0 bridgehead atoms. The van der Waals surface area contributed by atoms with Gasteiger partial charge in [-0.2, -0.15) is 0 Å². The highest BCUT2D eigenvalue weighted by Crippen LogP contribution is 2.12. The van der Waals surface area contributed by atoms with E-state index in [1.165, 1.54) is 11.1 Å². The fourth-order valence-corrected chi connectivity index (χ4v) is 1.58. The number of nitrogens with zero attached hydrogens (tertiary/aromatic N) is 1. The largest absolute Gasteiger partial charge is 0.377 e. The first-order valence-electron chi connectivity index (χ1n) is 4.96. The number of hydrogen-bond donors (Lipinski definition) is 0. The Balaban J connectivity index is 2.03. The minimum absolute atomic E-state index is 1.03. The summed E-state index contributed by atoms with van der Waals surface area (Å²) in [5.41, 5.74) is 2.79. The summed E-state index contributed by atoms with van der Waals surface area (Å²) in [6.45, 7) is 1.03. The van der Waals surface area contributed by atoms with Gasteiger partial charge < -0.3 is 4.90 Å². The Morgan fingerprint density at radius 2 is 2.00 bits per heavy atom. The Morgan fingerprint density at radius 1 is 1.21 bits per heavy atom. The third-order valence-electron chi connectivity index (χ3n) is 2.44. The van der Waals surface area contributed by atoms with Crippen LogP contribution in [0.1, 0.15) is 5.56 Å². The van der Waals surface area contributed by atoms with Crippen LogP contribution < -0.4 is 0 Å². The number of allylic oxidation sites excluding steroid dienone is 2. The van der Waals surface area contributed by atoms with Crippen LogP contribution in [0.3, 0.4) is 0 Å². The van der Waals surface area contributed by atoms with E-state index in [1.54, 1.807) is 0 Å². The summed E-state index contributed by atoms with van der Waals surface area (Å²) in [6.07, 6.45) is 7.66. The molecule has 2 rings (SSSR count). The highest BCUT2D eigenvalue weighted by molar-refractivity contribution is 5.30. The zero-order valence-corrected chi connectivity index (χ0v) is 8.48. The van der Waals surface area contributed by atoms with Crippen molar-refractivity contribution < 1.29 is 0 Å². The number of likely N-dealkylation sites (N-methyl/N-ethyl adjacent to an activating group) is 1. The van der Waals surface area contributed by atoms with Gasteiger partial charge in [0, 0.05) is 13.6 Å². The SMILES string of the molecule is CN1C=CC(Cc2ccccc2)=CC1. The summed E-state index contributed by atoms with van der Waals surface area (Å²) in [7, 11) is 2.09. The summed E-state index contributed by atoms with van der Waals surface area (Å²) in [6, 6.07) is 10.6. The van der Waals surface area contributed by atoms with Gasteiger partial charge in [0.25, 0.3) is 0 Å². The molecule has 1 heteroatoms. The van der Waals surface area contributed by atoms with Crippen LogP contribution in [-0.4, -0.2) is 18.5 Å². The smallest absolute Gasteiger partial charge is 0.0356 e. The van der Waals surface area contributed by atoms with Gasteiger partial charge in [0.15, 0.2) is 0 Å². The Kier molecular flexibility index (Phi) is 2.68. The summed E-state index contributed by atoms with van der Waals surface area (Å²) >= 11 is 0.